The fraction of sp³-hybridized carbons (Fsp3) is 0.548. The number of fused-ring (bicyclic) bond motifs is 3. The monoisotopic (exact) mass is 1750 g/mol. The number of alkyl halides is 6. The second kappa shape index (κ2) is 37.9. The first kappa shape index (κ1) is 90.4. The van der Waals surface area contributed by atoms with Crippen LogP contribution in [0.15, 0.2) is 78.9 Å². The number of carbonyl (C=O) groups is 3. The Morgan fingerprint density at radius 3 is 1.31 bits per heavy atom. The minimum atomic E-state index is -4.97. The lowest BCUT2D eigenvalue weighted by Crippen LogP contribution is -2.56. The molecule has 9 aliphatic rings. The number of ether oxygens (including phenoxy) is 3. The molecule has 1 N–H and O–H groups in total. The van der Waals surface area contributed by atoms with E-state index in [0.717, 1.165) is 134 Å². The number of aryl methyl sites for hydroxylation is 3. The number of anilines is 6. The molecule has 674 valence electrons. The number of rotatable bonds is 24. The summed E-state index contributed by atoms with van der Waals surface area (Å²) in [6, 6.07) is 20.4. The van der Waals surface area contributed by atoms with Gasteiger partial charge in [-0.2, -0.15) is 72.0 Å². The number of aromatic nitrogens is 6. The fourth-order valence-electron chi connectivity index (χ4n) is 20.1. The number of likely N-dealkylation sites (tertiary alicyclic amines) is 3. The number of aliphatic hydroxyl groups is 1. The van der Waals surface area contributed by atoms with Crippen molar-refractivity contribution in [3.8, 4) is 36.2 Å². The first-order valence-electron chi connectivity index (χ1n) is 44.1. The van der Waals surface area contributed by atoms with Crippen molar-refractivity contribution < 1.29 is 60.0 Å². The highest BCUT2D eigenvalue weighted by atomic mass is 19.4. The number of allylic oxidation sites excluding steroid dienone is 1. The van der Waals surface area contributed by atoms with E-state index < -0.39 is 54.5 Å². The molecule has 12 heterocycles. The average molecular weight is 1750 g/mol. The van der Waals surface area contributed by atoms with Gasteiger partial charge in [0, 0.05) is 161 Å². The van der Waals surface area contributed by atoms with Crippen molar-refractivity contribution in [3.05, 3.63) is 157 Å². The van der Waals surface area contributed by atoms with Crippen LogP contribution in [-0.2, 0) is 53.3 Å². The van der Waals surface area contributed by atoms with E-state index in [9.17, 15) is 61.6 Å². The lowest BCUT2D eigenvalue weighted by molar-refractivity contribution is -0.142. The normalized spacial score (nSPS) is 22.6. The Bertz CT molecular complexity index is 5360. The third kappa shape index (κ3) is 19.6. The van der Waals surface area contributed by atoms with Gasteiger partial charge in [-0.15, -0.1) is 0 Å². The Morgan fingerprint density at radius 1 is 0.488 bits per heavy atom. The minimum Gasteiger partial charge on any atom is -0.462 e. The van der Waals surface area contributed by atoms with Gasteiger partial charge in [0.15, 0.2) is 0 Å². The van der Waals surface area contributed by atoms with E-state index in [-0.39, 0.29) is 137 Å². The van der Waals surface area contributed by atoms with Gasteiger partial charge in [-0.25, -0.2) is 0 Å². The summed E-state index contributed by atoms with van der Waals surface area (Å²) in [5, 5.41) is 39.9. The third-order valence-electron chi connectivity index (χ3n) is 27.8. The summed E-state index contributed by atoms with van der Waals surface area (Å²) in [7, 11) is 6.28. The van der Waals surface area contributed by atoms with Gasteiger partial charge in [0.1, 0.15) is 42.8 Å². The number of hydrogen-bond donors (Lipinski definition) is 1. The van der Waals surface area contributed by atoms with Crippen molar-refractivity contribution in [2.45, 2.75) is 186 Å². The Labute approximate surface area is 738 Å². The topological polar surface area (TPSA) is 287 Å². The Morgan fingerprint density at radius 2 is 0.898 bits per heavy atom. The molecule has 0 radical (unpaired) electrons. The number of likely N-dealkylation sites (N-methyl/N-ethyl adjacent to an activating group) is 3. The van der Waals surface area contributed by atoms with Gasteiger partial charge in [-0.1, -0.05) is 37.4 Å². The molecule has 6 saturated heterocycles. The number of hydrogen-bond acceptors (Lipinski definition) is 25. The molecule has 0 spiro atoms. The van der Waals surface area contributed by atoms with Gasteiger partial charge in [0.2, 0.25) is 5.91 Å². The zero-order valence-electron chi connectivity index (χ0n) is 73.9. The second-order valence-electron chi connectivity index (χ2n) is 35.8. The van der Waals surface area contributed by atoms with E-state index >= 15 is 0 Å². The quantitative estimate of drug-likeness (QED) is 0.0435. The van der Waals surface area contributed by atoms with E-state index in [4.69, 9.17) is 44.1 Å². The number of piperazine rings is 3. The zero-order valence-corrected chi connectivity index (χ0v) is 73.9. The van der Waals surface area contributed by atoms with Gasteiger partial charge < -0.3 is 68.3 Å². The summed E-state index contributed by atoms with van der Waals surface area (Å²) in [4.78, 5) is 95.3. The molecular weight excluding hydrogens is 1640 g/mol. The maximum atomic E-state index is 14.1. The number of benzene rings is 3. The van der Waals surface area contributed by atoms with Gasteiger partial charge >= 0.3 is 30.4 Å². The highest BCUT2D eigenvalue weighted by molar-refractivity contribution is 5.95. The highest BCUT2D eigenvalue weighted by Crippen LogP contribution is 2.44. The molecule has 6 fully saturated rings. The van der Waals surface area contributed by atoms with Crippen LogP contribution in [0.25, 0.3) is 0 Å². The van der Waals surface area contributed by atoms with Crippen LogP contribution in [0.4, 0.5) is 60.9 Å². The number of aliphatic hydroxyl groups excluding tert-OH is 1. The smallest absolute Gasteiger partial charge is 0.421 e. The number of halogens is 6. The molecule has 28 nitrogen and oxygen atoms in total. The van der Waals surface area contributed by atoms with E-state index in [2.05, 4.69) is 165 Å². The van der Waals surface area contributed by atoms with Crippen LogP contribution in [0.1, 0.15) is 135 Å². The van der Waals surface area contributed by atoms with Crippen LogP contribution in [0.3, 0.4) is 0 Å². The minimum absolute atomic E-state index is 0.0217. The highest BCUT2D eigenvalue weighted by Gasteiger charge is 2.45. The van der Waals surface area contributed by atoms with Gasteiger partial charge in [-0.05, 0) is 189 Å². The number of carbonyl (C=O) groups excluding carboxylic acids is 3. The van der Waals surface area contributed by atoms with Crippen molar-refractivity contribution >= 4 is 52.2 Å². The summed E-state index contributed by atoms with van der Waals surface area (Å²) in [5.41, 5.74) is 16.0. The number of nitriles is 3. The Kier molecular flexibility index (Phi) is 27.0. The van der Waals surface area contributed by atoms with Crippen molar-refractivity contribution in [2.24, 2.45) is 0 Å². The molecule has 0 bridgehead atoms. The second-order valence-corrected chi connectivity index (χ2v) is 35.8. The summed E-state index contributed by atoms with van der Waals surface area (Å²) < 4.78 is 102. The summed E-state index contributed by atoms with van der Waals surface area (Å²) in [6.45, 7) is 27.3. The van der Waals surface area contributed by atoms with E-state index in [0.29, 0.717) is 115 Å². The fourth-order valence-corrected chi connectivity index (χ4v) is 20.1. The molecular formula is C93H113F6N21O7. The van der Waals surface area contributed by atoms with E-state index in [1.807, 2.05) is 15.9 Å². The lowest BCUT2D eigenvalue weighted by atomic mass is 9.91. The van der Waals surface area contributed by atoms with Crippen LogP contribution in [0.2, 0.25) is 0 Å². The van der Waals surface area contributed by atoms with Crippen molar-refractivity contribution in [3.63, 3.8) is 0 Å². The molecule has 3 amide bonds. The van der Waals surface area contributed by atoms with E-state index in [1.54, 1.807) is 4.90 Å². The first-order valence-corrected chi connectivity index (χ1v) is 44.1. The third-order valence-corrected chi connectivity index (χ3v) is 27.8. The average Bonchev–Trinajstić information content (AvgIpc) is 1.77. The summed E-state index contributed by atoms with van der Waals surface area (Å²) in [6.07, 6.45) is -4.21. The van der Waals surface area contributed by atoms with Crippen molar-refractivity contribution in [1.82, 2.24) is 59.3 Å². The molecule has 9 aliphatic heterocycles. The van der Waals surface area contributed by atoms with Crippen LogP contribution in [0, 0.1) is 75.5 Å². The molecule has 6 aromatic rings. The molecule has 8 atom stereocenters. The molecule has 15 rings (SSSR count). The molecule has 127 heavy (non-hydrogen) atoms. The van der Waals surface area contributed by atoms with Gasteiger partial charge in [0.25, 0.3) is 11.8 Å². The molecule has 2 unspecified atom stereocenters. The maximum Gasteiger partial charge on any atom is 0.421 e. The number of amides is 3. The predicted octanol–water partition coefficient (Wildman–Crippen LogP) is 10.4. The lowest BCUT2D eigenvalue weighted by Gasteiger charge is -2.42. The molecule has 34 heteroatoms. The van der Waals surface area contributed by atoms with Crippen molar-refractivity contribution in [2.75, 3.05) is 175 Å². The van der Waals surface area contributed by atoms with Crippen LogP contribution in [0.5, 0.6) is 18.0 Å². The van der Waals surface area contributed by atoms with Crippen molar-refractivity contribution in [1.29, 1.82) is 15.8 Å². The van der Waals surface area contributed by atoms with Gasteiger partial charge in [0.05, 0.1) is 98.9 Å². The molecule has 0 aliphatic carbocycles. The molecule has 3 aromatic carbocycles. The van der Waals surface area contributed by atoms with Crippen LogP contribution < -0.4 is 43.6 Å². The molecule has 0 saturated carbocycles. The SMILES string of the molecule is C=C(CO)C(=O)N1CCN(c2nc(OC[C@@H]3CCCN3C)nc3c2CCN(c2cc(C4C[C@@H](COc5nc6c(c(N7CCN(C(=O)C(=C)C(F)(F)F)[C@@H](CC#N)C7)n5)CCN(c5cc(C7C[C@@H](COc8nc9c(c(N%10CCN(C(=O)/C=C/C(F)(F)F)[C@@H](CC#N)C%10)n8)CCN(c8cccc(C)c8C)C9)N(C)C7)cc(C)c5C)C6)N(C)C4)cc(C)c2C)C3)C[C@@H]1CC#N. The van der Waals surface area contributed by atoms with Gasteiger partial charge in [-0.3, -0.25) is 24.2 Å². The first-order chi connectivity index (χ1) is 60.7. The maximum absolute atomic E-state index is 14.1. The number of nitrogens with zero attached hydrogens (tertiary/aromatic N) is 21. The Balaban J connectivity index is 0.665. The molecule has 3 aromatic heterocycles. The predicted molar refractivity (Wildman–Crippen MR) is 468 cm³/mol. The van der Waals surface area contributed by atoms with Crippen LogP contribution >= 0.6 is 0 Å². The largest absolute Gasteiger partial charge is 0.462 e. The standard InChI is InChI=1S/C93H113F6N21O7/c1-56-14-12-16-80(60(56)5)112-29-21-74-77(49-112)103-90(107-84(74)115-32-35-118(68(46-115)18-25-100)83(122)17-24-92(94,95)96)126-54-72-40-66(44-110(72)10)65-39-58(3)62(7)82(43-65)114-31-23-76-79(51-114)105-91(108-86(76)117-34-37-120(70(48-117)20-27-102)88(124)63(8)93(97,98)99)127-55-73-41-67(45-111(73)11)64-38-57(2)61(6)81(42-64)113-30-22-75-78(50-113)104-89(125-53-71-15-13-28-109(71)9)106-85(75)116-33-36-119(69(47-116)19-26-101)87(123)59(4)52-121/h12,14,16-17,24,38-39,42-43,66-73,121H,4,8,13,15,18-23,28-37,40-41,44-55H2,1-3,5-7,9-11H3/b24-17+/t66?,67?,68-,69-,70-,71-,72-,73-/m0/s1. The van der Waals surface area contributed by atoms with Crippen LogP contribution in [-0.4, -0.2) is 276 Å². The van der Waals surface area contributed by atoms with E-state index in [1.165, 1.54) is 10.5 Å². The summed E-state index contributed by atoms with van der Waals surface area (Å²) in [5.74, 6) is -0.388. The Hall–Kier alpha value is -11.4. The summed E-state index contributed by atoms with van der Waals surface area (Å²) >= 11 is 0. The zero-order chi connectivity index (χ0) is 90.2.